The molecule has 0 atom stereocenters. The molecule has 0 spiro atoms. The predicted octanol–water partition coefficient (Wildman–Crippen LogP) is -1.53. The van der Waals surface area contributed by atoms with E-state index in [1.165, 1.54) is 0 Å². The van der Waals surface area contributed by atoms with Crippen LogP contribution in [0.1, 0.15) is 0 Å². The van der Waals surface area contributed by atoms with Crippen LogP contribution in [0.15, 0.2) is 0 Å². The minimum Gasteiger partial charge on any atom is -0.450 e. The Morgan fingerprint density at radius 1 is 1.10 bits per heavy atom. The lowest BCUT2D eigenvalue weighted by molar-refractivity contribution is 0.137. The van der Waals surface area contributed by atoms with Crippen molar-refractivity contribution < 1.29 is 39.7 Å². The third-order valence-electron chi connectivity index (χ3n) is 0. The number of phosphoric acid groups is 1. The van der Waals surface area contributed by atoms with Crippen LogP contribution >= 0.6 is 7.82 Å². The summed E-state index contributed by atoms with van der Waals surface area (Å²) in [5, 5.41) is 13.9. The maximum absolute atomic E-state index is 8.88. The van der Waals surface area contributed by atoms with Gasteiger partial charge < -0.3 is 30.4 Å². The molecule has 0 saturated heterocycles. The van der Waals surface area contributed by atoms with E-state index in [0.29, 0.717) is 0 Å². The fourth-order valence-corrected chi connectivity index (χ4v) is 0. The van der Waals surface area contributed by atoms with Crippen molar-refractivity contribution in [3.8, 4) is 0 Å². The van der Waals surface area contributed by atoms with Gasteiger partial charge in [-0.2, -0.15) is 0 Å². The molecule has 0 radical (unpaired) electrons. The van der Waals surface area contributed by atoms with E-state index in [1.54, 1.807) is 0 Å². The Morgan fingerprint density at radius 2 is 1.10 bits per heavy atom. The van der Waals surface area contributed by atoms with Crippen LogP contribution in [0, 0.1) is 0 Å². The second-order valence-corrected chi connectivity index (χ2v) is 1.82. The molecule has 0 saturated carbocycles. The lowest BCUT2D eigenvalue weighted by Crippen LogP contribution is -1.81. The Labute approximate surface area is 54.9 Å². The van der Waals surface area contributed by atoms with Crippen LogP contribution in [0.2, 0.25) is 0 Å². The molecule has 0 aliphatic rings. The Balaban J connectivity index is -0.0000000910. The Bertz CT molecular complexity index is 109. The van der Waals surface area contributed by atoms with E-state index in [2.05, 4.69) is 0 Å². The zero-order chi connectivity index (χ0) is 8.08. The minimum absolute atomic E-state index is 0. The van der Waals surface area contributed by atoms with Gasteiger partial charge >= 0.3 is 14.0 Å². The Hall–Kier alpha value is -0.660. The van der Waals surface area contributed by atoms with Crippen molar-refractivity contribution in [2.75, 3.05) is 0 Å². The Morgan fingerprint density at radius 3 is 1.10 bits per heavy atom. The van der Waals surface area contributed by atoms with Gasteiger partial charge in [0, 0.05) is 0 Å². The lowest BCUT2D eigenvalue weighted by Gasteiger charge is -1.82. The van der Waals surface area contributed by atoms with E-state index in [4.69, 9.17) is 34.3 Å². The van der Waals surface area contributed by atoms with Crippen LogP contribution in [-0.2, 0) is 4.57 Å². The SMILES string of the molecule is O.O=C(O)O.O=P(O)(O)O. The van der Waals surface area contributed by atoms with E-state index in [1.807, 2.05) is 0 Å². The summed E-state index contributed by atoms with van der Waals surface area (Å²) in [5.74, 6) is 0. The first-order chi connectivity index (χ1) is 3.73. The average molecular weight is 178 g/mol. The average Bonchev–Trinajstić information content (AvgIpc) is 1.19. The third kappa shape index (κ3) is 677. The molecule has 0 aromatic carbocycles. The van der Waals surface area contributed by atoms with Gasteiger partial charge in [0.2, 0.25) is 0 Å². The molecule has 0 aromatic rings. The molecule has 0 fully saturated rings. The summed E-state index contributed by atoms with van der Waals surface area (Å²) >= 11 is 0. The normalized spacial score (nSPS) is 8.30. The number of hydrogen-bond donors (Lipinski definition) is 5. The van der Waals surface area contributed by atoms with Crippen LogP contribution in [0.5, 0.6) is 0 Å². The molecule has 0 amide bonds. The molecule has 64 valence electrons. The van der Waals surface area contributed by atoms with Crippen molar-refractivity contribution in [3.05, 3.63) is 0 Å². The Kier molecular flexibility index (Phi) is 10.4. The van der Waals surface area contributed by atoms with Crippen LogP contribution in [0.3, 0.4) is 0 Å². The summed E-state index contributed by atoms with van der Waals surface area (Å²) < 4.78 is 8.88. The minimum atomic E-state index is -4.64. The highest BCUT2D eigenvalue weighted by molar-refractivity contribution is 7.45. The zero-order valence-electron chi connectivity index (χ0n) is 4.50. The number of carbonyl (C=O) groups is 1. The largest absolute Gasteiger partial charge is 0.503 e. The summed E-state index contributed by atoms with van der Waals surface area (Å²) in [6, 6.07) is 0. The van der Waals surface area contributed by atoms with Gasteiger partial charge in [0.05, 0.1) is 0 Å². The van der Waals surface area contributed by atoms with Gasteiger partial charge in [0.1, 0.15) is 0 Å². The predicted molar refractivity (Wildman–Crippen MR) is 28.5 cm³/mol. The van der Waals surface area contributed by atoms with E-state index >= 15 is 0 Å². The molecule has 10 heavy (non-hydrogen) atoms. The van der Waals surface area contributed by atoms with Crippen molar-refractivity contribution in [1.82, 2.24) is 0 Å². The van der Waals surface area contributed by atoms with Crippen molar-refractivity contribution in [2.45, 2.75) is 0 Å². The topological polar surface area (TPSA) is 167 Å². The van der Waals surface area contributed by atoms with Crippen LogP contribution in [-0.4, -0.2) is 36.5 Å². The van der Waals surface area contributed by atoms with Gasteiger partial charge in [0.25, 0.3) is 0 Å². The van der Waals surface area contributed by atoms with Gasteiger partial charge in [-0.05, 0) is 0 Å². The molecule has 7 N–H and O–H groups in total. The molecule has 0 aliphatic heterocycles. The summed E-state index contributed by atoms with van der Waals surface area (Å²) in [4.78, 5) is 30.1. The monoisotopic (exact) mass is 178 g/mol. The zero-order valence-corrected chi connectivity index (χ0v) is 5.39. The summed E-state index contributed by atoms with van der Waals surface area (Å²) in [7, 11) is -4.64. The summed E-state index contributed by atoms with van der Waals surface area (Å²) in [6.45, 7) is 0. The number of carboxylic acid groups (broad SMARTS) is 2. The van der Waals surface area contributed by atoms with Gasteiger partial charge in [-0.15, -0.1) is 0 Å². The molecule has 0 aromatic heterocycles. The van der Waals surface area contributed by atoms with Crippen molar-refractivity contribution in [1.29, 1.82) is 0 Å². The van der Waals surface area contributed by atoms with Gasteiger partial charge in [0.15, 0.2) is 0 Å². The van der Waals surface area contributed by atoms with Crippen LogP contribution < -0.4 is 0 Å². The summed E-state index contributed by atoms with van der Waals surface area (Å²) in [5.41, 5.74) is 0. The van der Waals surface area contributed by atoms with E-state index in [-0.39, 0.29) is 5.48 Å². The molecule has 0 aliphatic carbocycles. The van der Waals surface area contributed by atoms with E-state index in [9.17, 15) is 0 Å². The first-order valence-electron chi connectivity index (χ1n) is 1.43. The van der Waals surface area contributed by atoms with Crippen molar-refractivity contribution in [3.63, 3.8) is 0 Å². The van der Waals surface area contributed by atoms with Crippen molar-refractivity contribution >= 4 is 14.0 Å². The first kappa shape index (κ1) is 16.2. The smallest absolute Gasteiger partial charge is 0.450 e. The molecule has 0 unspecified atom stereocenters. The number of hydrogen-bond acceptors (Lipinski definition) is 2. The standard InChI is InChI=1S/CH2O3.H3O4P.H2O/c2-1(3)4;1-5(2,3)4;/h(H2,2,3,4);(H3,1,2,3,4);1H2. The molecule has 0 heterocycles. The maximum atomic E-state index is 8.88. The highest BCUT2D eigenvalue weighted by Crippen LogP contribution is 2.25. The first-order valence-corrected chi connectivity index (χ1v) is 3.00. The van der Waals surface area contributed by atoms with Gasteiger partial charge in [-0.3, -0.25) is 0 Å². The maximum Gasteiger partial charge on any atom is 0.503 e. The highest BCUT2D eigenvalue weighted by atomic mass is 31.2. The van der Waals surface area contributed by atoms with E-state index in [0.717, 1.165) is 0 Å². The second-order valence-electron chi connectivity index (χ2n) is 0.796. The molecule has 8 nitrogen and oxygen atoms in total. The fraction of sp³-hybridized carbons (Fsp3) is 0. The summed E-state index contributed by atoms with van der Waals surface area (Å²) in [6.07, 6.45) is -1.83. The highest BCUT2D eigenvalue weighted by Gasteiger charge is 2.00. The number of rotatable bonds is 0. The molecule has 0 bridgehead atoms. The second kappa shape index (κ2) is 6.46. The van der Waals surface area contributed by atoms with Crippen LogP contribution in [0.4, 0.5) is 4.79 Å². The third-order valence-corrected chi connectivity index (χ3v) is 0. The lowest BCUT2D eigenvalue weighted by atomic mass is 11.5. The van der Waals surface area contributed by atoms with E-state index < -0.39 is 14.0 Å². The molecular weight excluding hydrogens is 171 g/mol. The van der Waals surface area contributed by atoms with Gasteiger partial charge in [-0.1, -0.05) is 0 Å². The van der Waals surface area contributed by atoms with Crippen LogP contribution in [0.25, 0.3) is 0 Å². The molecule has 0 rings (SSSR count). The fourth-order valence-electron chi connectivity index (χ4n) is 0. The van der Waals surface area contributed by atoms with Crippen molar-refractivity contribution in [2.24, 2.45) is 0 Å². The quantitative estimate of drug-likeness (QED) is 0.280. The molecular formula is CH7O8P. The molecule has 9 heteroatoms. The van der Waals surface area contributed by atoms with Gasteiger partial charge in [-0.25, -0.2) is 9.36 Å².